The lowest BCUT2D eigenvalue weighted by Gasteiger charge is -2.35. The van der Waals surface area contributed by atoms with Crippen LogP contribution in [-0.4, -0.2) is 74.5 Å². The van der Waals surface area contributed by atoms with Crippen LogP contribution in [0.1, 0.15) is 34.6 Å². The summed E-state index contributed by atoms with van der Waals surface area (Å²) in [4.78, 5) is 57.4. The molecule has 0 aliphatic heterocycles. The third kappa shape index (κ3) is 12.6. The van der Waals surface area contributed by atoms with Gasteiger partial charge in [0.2, 0.25) is 0 Å². The second kappa shape index (κ2) is 14.6. The first-order valence-electron chi connectivity index (χ1n) is 8.44. The first-order valence-corrected chi connectivity index (χ1v) is 8.44. The summed E-state index contributed by atoms with van der Waals surface area (Å²) < 4.78 is 25.6. The molecule has 1 N–H and O–H groups in total. The van der Waals surface area contributed by atoms with E-state index in [9.17, 15) is 24.0 Å². The van der Waals surface area contributed by atoms with Crippen molar-refractivity contribution >= 4 is 42.3 Å². The van der Waals surface area contributed by atoms with E-state index < -0.39 is 60.9 Å². The van der Waals surface area contributed by atoms with Crippen LogP contribution in [0.2, 0.25) is 0 Å². The Morgan fingerprint density at radius 3 is 1.38 bits per heavy atom. The first-order chi connectivity index (χ1) is 13.0. The van der Waals surface area contributed by atoms with Crippen LogP contribution < -0.4 is 5.32 Å². The van der Waals surface area contributed by atoms with Crippen molar-refractivity contribution in [3.8, 4) is 0 Å². The van der Waals surface area contributed by atoms with Gasteiger partial charge in [-0.15, -0.1) is 12.4 Å². The number of carbonyl (C=O) groups excluding carboxylic acids is 5. The minimum Gasteiger partial charge on any atom is -0.462 e. The molecule has 0 saturated carbocycles. The first kappa shape index (κ1) is 28.8. The highest BCUT2D eigenvalue weighted by Gasteiger charge is 2.43. The third-order valence-electron chi connectivity index (χ3n) is 3.15. The molecule has 0 bridgehead atoms. The van der Waals surface area contributed by atoms with Gasteiger partial charge in [-0.25, -0.2) is 0 Å². The molecule has 0 aliphatic carbocycles. The maximum atomic E-state index is 11.6. The van der Waals surface area contributed by atoms with Crippen molar-refractivity contribution in [1.29, 1.82) is 0 Å². The van der Waals surface area contributed by atoms with Gasteiger partial charge in [0.05, 0.1) is 0 Å². The predicted molar refractivity (Wildman–Crippen MR) is 100 cm³/mol. The molecule has 0 unspecified atom stereocenters. The number of nitrogens with one attached hydrogen (secondary N) is 1. The molecule has 4 atom stereocenters. The van der Waals surface area contributed by atoms with Crippen LogP contribution in [0, 0.1) is 0 Å². The highest BCUT2D eigenvalue weighted by atomic mass is 35.5. The van der Waals surface area contributed by atoms with E-state index in [2.05, 4.69) is 5.32 Å². The van der Waals surface area contributed by atoms with Crippen LogP contribution in [-0.2, 0) is 47.7 Å². The molecule has 0 fully saturated rings. The third-order valence-corrected chi connectivity index (χ3v) is 3.15. The Hall–Kier alpha value is -2.40. The van der Waals surface area contributed by atoms with Gasteiger partial charge < -0.3 is 29.0 Å². The fraction of sp³-hybridized carbons (Fsp3) is 0.706. The lowest BCUT2D eigenvalue weighted by atomic mass is 10.0. The molecule has 0 spiro atoms. The monoisotopic (exact) mass is 441 g/mol. The number of hydrogen-bond acceptors (Lipinski definition) is 11. The van der Waals surface area contributed by atoms with Crippen molar-refractivity contribution in [2.45, 2.75) is 59.0 Å². The van der Waals surface area contributed by atoms with Gasteiger partial charge in [-0.3, -0.25) is 24.0 Å². The number of rotatable bonds is 11. The van der Waals surface area contributed by atoms with E-state index in [1.807, 2.05) is 0 Å². The van der Waals surface area contributed by atoms with Crippen LogP contribution in [0.3, 0.4) is 0 Å². The predicted octanol–water partition coefficient (Wildman–Crippen LogP) is -0.0825. The minimum absolute atomic E-state index is 0. The van der Waals surface area contributed by atoms with Crippen molar-refractivity contribution in [2.24, 2.45) is 0 Å². The molecule has 0 heterocycles. The second-order valence-corrected chi connectivity index (χ2v) is 5.80. The van der Waals surface area contributed by atoms with E-state index in [4.69, 9.17) is 23.7 Å². The van der Waals surface area contributed by atoms with Gasteiger partial charge in [0.15, 0.2) is 24.4 Å². The van der Waals surface area contributed by atoms with Gasteiger partial charge in [0, 0.05) is 41.2 Å². The molecule has 0 rings (SSSR count). The van der Waals surface area contributed by atoms with E-state index in [0.29, 0.717) is 0 Å². The molecule has 0 saturated heterocycles. The molecule has 12 heteroatoms. The Balaban J connectivity index is 0. The van der Waals surface area contributed by atoms with Crippen LogP contribution in [0.15, 0.2) is 0 Å². The lowest BCUT2D eigenvalue weighted by Crippen LogP contribution is -2.55. The maximum Gasteiger partial charge on any atom is 0.303 e. The average molecular weight is 442 g/mol. The fourth-order valence-electron chi connectivity index (χ4n) is 2.34. The van der Waals surface area contributed by atoms with Gasteiger partial charge in [-0.1, -0.05) is 0 Å². The lowest BCUT2D eigenvalue weighted by molar-refractivity contribution is -0.202. The summed E-state index contributed by atoms with van der Waals surface area (Å²) in [7, 11) is 1.56. The number of halogens is 1. The number of carbonyl (C=O) groups is 5. The van der Waals surface area contributed by atoms with E-state index in [-0.39, 0.29) is 19.0 Å². The fourth-order valence-corrected chi connectivity index (χ4v) is 2.34. The minimum atomic E-state index is -1.41. The smallest absolute Gasteiger partial charge is 0.303 e. The molecule has 0 aliphatic rings. The van der Waals surface area contributed by atoms with Crippen LogP contribution in [0.4, 0.5) is 0 Å². The average Bonchev–Trinajstić information content (AvgIpc) is 2.53. The standard InChI is InChI=1S/C17H27NO10.ClH/c1-9(19)24-8-15(26-11(3)21)17(28-13(5)23)16(27-12(4)22)14(7-18-6)25-10(2)20;/h14-18H,7-8H2,1-6H3;1H/t14-,15+,16+,17+;/m0./s1. The quantitative estimate of drug-likeness (QED) is 0.339. The molecule has 11 nitrogen and oxygen atoms in total. The molecule has 0 aromatic heterocycles. The number of likely N-dealkylation sites (N-methyl/N-ethyl adjacent to an activating group) is 1. The molecule has 29 heavy (non-hydrogen) atoms. The van der Waals surface area contributed by atoms with Gasteiger partial charge in [0.25, 0.3) is 0 Å². The SMILES string of the molecule is CNC[C@H](OC(C)=O)[C@@H](OC(C)=O)[C@H](OC(C)=O)[C@@H](COC(C)=O)OC(C)=O.Cl. The van der Waals surface area contributed by atoms with E-state index in [0.717, 1.165) is 34.6 Å². The van der Waals surface area contributed by atoms with Crippen molar-refractivity contribution in [2.75, 3.05) is 20.2 Å². The molecule has 0 radical (unpaired) electrons. The molecule has 0 amide bonds. The van der Waals surface area contributed by atoms with Gasteiger partial charge in [0.1, 0.15) is 6.61 Å². The number of hydrogen-bond donors (Lipinski definition) is 1. The topological polar surface area (TPSA) is 144 Å². The molecule has 0 aromatic carbocycles. The summed E-state index contributed by atoms with van der Waals surface area (Å²) in [6.45, 7) is 5.13. The van der Waals surface area contributed by atoms with Crippen LogP contribution in [0.25, 0.3) is 0 Å². The number of ether oxygens (including phenoxy) is 5. The molecular weight excluding hydrogens is 414 g/mol. The highest BCUT2D eigenvalue weighted by Crippen LogP contribution is 2.20. The van der Waals surface area contributed by atoms with Crippen molar-refractivity contribution in [3.05, 3.63) is 0 Å². The van der Waals surface area contributed by atoms with E-state index in [1.54, 1.807) is 7.05 Å². The Morgan fingerprint density at radius 1 is 0.655 bits per heavy atom. The second-order valence-electron chi connectivity index (χ2n) is 5.80. The van der Waals surface area contributed by atoms with Crippen molar-refractivity contribution < 1.29 is 47.7 Å². The zero-order chi connectivity index (χ0) is 21.9. The van der Waals surface area contributed by atoms with Gasteiger partial charge in [-0.05, 0) is 7.05 Å². The summed E-state index contributed by atoms with van der Waals surface area (Å²) in [5.74, 6) is -3.65. The zero-order valence-corrected chi connectivity index (χ0v) is 18.0. The molecule has 168 valence electrons. The van der Waals surface area contributed by atoms with Gasteiger partial charge >= 0.3 is 29.8 Å². The van der Waals surface area contributed by atoms with E-state index >= 15 is 0 Å². The Labute approximate surface area is 175 Å². The Kier molecular flexibility index (Phi) is 14.5. The normalized spacial score (nSPS) is 14.1. The summed E-state index contributed by atoms with van der Waals surface area (Å²) >= 11 is 0. The number of esters is 5. The van der Waals surface area contributed by atoms with Crippen LogP contribution >= 0.6 is 12.4 Å². The maximum absolute atomic E-state index is 11.6. The van der Waals surface area contributed by atoms with Gasteiger partial charge in [-0.2, -0.15) is 0 Å². The van der Waals surface area contributed by atoms with Crippen molar-refractivity contribution in [1.82, 2.24) is 5.32 Å². The zero-order valence-electron chi connectivity index (χ0n) is 17.2. The molecular formula is C17H28ClNO10. The Bertz CT molecular complexity index is 583. The summed E-state index contributed by atoms with van der Waals surface area (Å²) in [6.07, 6.45) is -5.17. The van der Waals surface area contributed by atoms with Crippen molar-refractivity contribution in [3.63, 3.8) is 0 Å². The van der Waals surface area contributed by atoms with Crippen LogP contribution in [0.5, 0.6) is 0 Å². The summed E-state index contributed by atoms with van der Waals surface area (Å²) in [5, 5.41) is 2.76. The summed E-state index contributed by atoms with van der Waals surface area (Å²) in [5.41, 5.74) is 0. The van der Waals surface area contributed by atoms with E-state index in [1.165, 1.54) is 0 Å². The highest BCUT2D eigenvalue weighted by molar-refractivity contribution is 5.85. The Morgan fingerprint density at radius 2 is 1.03 bits per heavy atom. The largest absolute Gasteiger partial charge is 0.462 e. The summed E-state index contributed by atoms with van der Waals surface area (Å²) in [6, 6.07) is 0. The molecule has 0 aromatic rings.